The van der Waals surface area contributed by atoms with Crippen molar-refractivity contribution in [1.82, 2.24) is 5.01 Å². The Morgan fingerprint density at radius 1 is 1.48 bits per heavy atom. The van der Waals surface area contributed by atoms with E-state index in [4.69, 9.17) is 22.2 Å². The molecule has 1 aromatic rings. The highest BCUT2D eigenvalue weighted by atomic mass is 79.9. The Morgan fingerprint density at radius 3 is 2.96 bits per heavy atom. The molecular formula is C16H20BrClN4O. The molecule has 2 heterocycles. The first kappa shape index (κ1) is 16.8. The lowest BCUT2D eigenvalue weighted by Crippen LogP contribution is -2.40. The van der Waals surface area contributed by atoms with E-state index in [1.807, 2.05) is 0 Å². The molecular weight excluding hydrogens is 380 g/mol. The third-order valence-electron chi connectivity index (χ3n) is 4.40. The highest BCUT2D eigenvalue weighted by Crippen LogP contribution is 2.45. The zero-order valence-corrected chi connectivity index (χ0v) is 15.6. The van der Waals surface area contributed by atoms with Gasteiger partial charge in [-0.15, -0.1) is 0 Å². The molecule has 0 radical (unpaired) electrons. The average molecular weight is 400 g/mol. The summed E-state index contributed by atoms with van der Waals surface area (Å²) in [7, 11) is 1.74. The number of methoxy groups -OCH3 is 1. The number of anilines is 1. The van der Waals surface area contributed by atoms with Gasteiger partial charge in [-0.05, 0) is 24.1 Å². The maximum atomic E-state index is 6.39. The van der Waals surface area contributed by atoms with Crippen LogP contribution in [-0.4, -0.2) is 37.8 Å². The van der Waals surface area contributed by atoms with Crippen LogP contribution in [0.4, 0.5) is 5.69 Å². The summed E-state index contributed by atoms with van der Waals surface area (Å²) in [6.07, 6.45) is 2.65. The number of ether oxygens (including phenoxy) is 1. The van der Waals surface area contributed by atoms with Gasteiger partial charge in [0.15, 0.2) is 5.84 Å². The number of nitrogens with two attached hydrogens (primary N) is 1. The number of benzene rings is 1. The van der Waals surface area contributed by atoms with Crippen LogP contribution in [0.3, 0.4) is 0 Å². The molecule has 0 bridgehead atoms. The van der Waals surface area contributed by atoms with Crippen LogP contribution in [0.15, 0.2) is 38.9 Å². The minimum absolute atomic E-state index is 0.00835. The van der Waals surface area contributed by atoms with Crippen LogP contribution in [0.1, 0.15) is 18.9 Å². The van der Waals surface area contributed by atoms with E-state index in [0.29, 0.717) is 18.3 Å². The Morgan fingerprint density at radius 2 is 2.26 bits per heavy atom. The lowest BCUT2D eigenvalue weighted by molar-refractivity contribution is 0.174. The first-order chi connectivity index (χ1) is 10.9. The van der Waals surface area contributed by atoms with E-state index in [1.165, 1.54) is 10.6 Å². The second kappa shape index (κ2) is 6.43. The maximum Gasteiger partial charge on any atom is 0.150 e. The smallest absolute Gasteiger partial charge is 0.150 e. The molecule has 0 saturated heterocycles. The predicted molar refractivity (Wildman–Crippen MR) is 97.6 cm³/mol. The molecule has 5 nitrogen and oxygen atoms in total. The fraction of sp³-hybridized carbons (Fsp3) is 0.438. The number of fused-ring (bicyclic) bond motifs is 1. The summed E-state index contributed by atoms with van der Waals surface area (Å²) < 4.78 is 6.34. The Hall–Kier alpha value is -1.08. The highest BCUT2D eigenvalue weighted by molar-refractivity contribution is 9.10. The summed E-state index contributed by atoms with van der Waals surface area (Å²) in [4.78, 5) is 6.73. The third kappa shape index (κ3) is 3.13. The summed E-state index contributed by atoms with van der Waals surface area (Å²) in [6, 6.07) is 6.37. The topological polar surface area (TPSA) is 54.1 Å². The summed E-state index contributed by atoms with van der Waals surface area (Å²) in [5, 5.41) is 2.04. The van der Waals surface area contributed by atoms with Gasteiger partial charge in [-0.1, -0.05) is 40.5 Å². The molecule has 0 aliphatic carbocycles. The molecule has 1 unspecified atom stereocenters. The molecule has 2 aliphatic heterocycles. The molecule has 23 heavy (non-hydrogen) atoms. The van der Waals surface area contributed by atoms with Gasteiger partial charge in [0.2, 0.25) is 0 Å². The van der Waals surface area contributed by atoms with E-state index in [-0.39, 0.29) is 5.41 Å². The average Bonchev–Trinajstić information content (AvgIpc) is 2.78. The summed E-state index contributed by atoms with van der Waals surface area (Å²) in [5.74, 6) is 6.52. The van der Waals surface area contributed by atoms with Gasteiger partial charge in [-0.25, -0.2) is 10.8 Å². The molecule has 7 heteroatoms. The van der Waals surface area contributed by atoms with Crippen LogP contribution in [0.5, 0.6) is 0 Å². The zero-order valence-electron chi connectivity index (χ0n) is 13.2. The monoisotopic (exact) mass is 398 g/mol. The molecule has 0 fully saturated rings. The van der Waals surface area contributed by atoms with E-state index < -0.39 is 0 Å². The Kier molecular flexibility index (Phi) is 4.69. The number of hydrazine groups is 1. The normalized spacial score (nSPS) is 23.7. The Bertz CT molecular complexity index is 678. The summed E-state index contributed by atoms with van der Waals surface area (Å²) in [6.45, 7) is 4.19. The van der Waals surface area contributed by atoms with Crippen LogP contribution in [0.25, 0.3) is 0 Å². The number of nitrogens with zero attached hydrogens (tertiary/aromatic N) is 3. The Balaban J connectivity index is 2.01. The van der Waals surface area contributed by atoms with Gasteiger partial charge in [-0.3, -0.25) is 5.01 Å². The Labute approximate surface area is 149 Å². The van der Waals surface area contributed by atoms with Gasteiger partial charge in [0.25, 0.3) is 0 Å². The highest BCUT2D eigenvalue weighted by Gasteiger charge is 2.41. The van der Waals surface area contributed by atoms with Crippen molar-refractivity contribution < 1.29 is 4.74 Å². The lowest BCUT2D eigenvalue weighted by Gasteiger charge is -2.29. The van der Waals surface area contributed by atoms with Crippen molar-refractivity contribution in [2.24, 2.45) is 10.8 Å². The van der Waals surface area contributed by atoms with Crippen molar-refractivity contribution in [3.63, 3.8) is 0 Å². The summed E-state index contributed by atoms with van der Waals surface area (Å²) in [5.41, 5.74) is 2.42. The molecule has 0 saturated carbocycles. The van der Waals surface area contributed by atoms with Crippen molar-refractivity contribution in [3.8, 4) is 0 Å². The second-order valence-electron chi connectivity index (χ2n) is 6.17. The van der Waals surface area contributed by atoms with E-state index in [2.05, 4.69) is 50.9 Å². The molecule has 1 aromatic carbocycles. The molecule has 2 aliphatic rings. The number of hydrogen-bond donors (Lipinski definition) is 1. The largest absolute Gasteiger partial charge is 0.385 e. The molecule has 0 amide bonds. The predicted octanol–water partition coefficient (Wildman–Crippen LogP) is 3.19. The molecule has 1 atom stereocenters. The maximum absolute atomic E-state index is 6.39. The fourth-order valence-corrected chi connectivity index (χ4v) is 3.81. The second-order valence-corrected chi connectivity index (χ2v) is 7.49. The molecule has 0 spiro atoms. The van der Waals surface area contributed by atoms with Crippen LogP contribution in [0, 0.1) is 0 Å². The number of halogens is 2. The number of hydrogen-bond acceptors (Lipinski definition) is 5. The molecule has 124 valence electrons. The molecule has 3 rings (SSSR count). The lowest BCUT2D eigenvalue weighted by atomic mass is 9.82. The van der Waals surface area contributed by atoms with Gasteiger partial charge in [0.1, 0.15) is 11.7 Å². The van der Waals surface area contributed by atoms with Gasteiger partial charge in [0, 0.05) is 42.0 Å². The first-order valence-corrected chi connectivity index (χ1v) is 8.62. The molecule has 0 aromatic heterocycles. The van der Waals surface area contributed by atoms with Gasteiger partial charge < -0.3 is 9.64 Å². The zero-order chi connectivity index (χ0) is 16.6. The van der Waals surface area contributed by atoms with E-state index in [9.17, 15) is 0 Å². The van der Waals surface area contributed by atoms with Crippen molar-refractivity contribution >= 4 is 39.1 Å². The van der Waals surface area contributed by atoms with Crippen molar-refractivity contribution in [1.29, 1.82) is 0 Å². The van der Waals surface area contributed by atoms with Gasteiger partial charge in [0.05, 0.1) is 0 Å². The van der Waals surface area contributed by atoms with Gasteiger partial charge >= 0.3 is 0 Å². The third-order valence-corrected chi connectivity index (χ3v) is 5.16. The number of rotatable bonds is 3. The van der Waals surface area contributed by atoms with E-state index in [1.54, 1.807) is 13.3 Å². The van der Waals surface area contributed by atoms with E-state index in [0.717, 1.165) is 29.0 Å². The fourth-order valence-electron chi connectivity index (χ4n) is 3.17. The molecule has 2 N–H and O–H groups in total. The van der Waals surface area contributed by atoms with Crippen molar-refractivity contribution in [2.75, 3.05) is 31.8 Å². The van der Waals surface area contributed by atoms with Crippen molar-refractivity contribution in [3.05, 3.63) is 39.5 Å². The standard InChI is InChI=1S/C16H20BrClN4O/c1-16(5-6-23-2)9-22(14-7-11(17)3-4-12(14)16)15-13(18)8-21(19)10-20-15/h3-4,7-8H,5-6,9-10,19H2,1-2H3. The summed E-state index contributed by atoms with van der Waals surface area (Å²) >= 11 is 9.96. The minimum atomic E-state index is -0.00835. The van der Waals surface area contributed by atoms with Crippen molar-refractivity contribution in [2.45, 2.75) is 18.8 Å². The minimum Gasteiger partial charge on any atom is -0.385 e. The van der Waals surface area contributed by atoms with Crippen LogP contribution in [-0.2, 0) is 10.2 Å². The van der Waals surface area contributed by atoms with E-state index >= 15 is 0 Å². The SMILES string of the molecule is COCCC1(C)CN(C2=NCN(N)C=C2Cl)c2cc(Br)ccc21. The first-order valence-electron chi connectivity index (χ1n) is 7.44. The number of aliphatic imine (C=N–C) groups is 1. The quantitative estimate of drug-likeness (QED) is 0.793. The van der Waals surface area contributed by atoms with Gasteiger partial charge in [-0.2, -0.15) is 0 Å². The van der Waals surface area contributed by atoms with Crippen LogP contribution >= 0.6 is 27.5 Å². The van der Waals surface area contributed by atoms with Crippen LogP contribution < -0.4 is 10.7 Å². The number of amidine groups is 1. The van der Waals surface area contributed by atoms with Crippen LogP contribution in [0.2, 0.25) is 0 Å².